The molecule has 0 spiro atoms. The van der Waals surface area contributed by atoms with Crippen LogP contribution in [0.3, 0.4) is 0 Å². The molecule has 2 atom stereocenters. The molecular formula is C24H29BrN2O4. The lowest BCUT2D eigenvalue weighted by Crippen LogP contribution is -2.51. The molecule has 0 bridgehead atoms. The average Bonchev–Trinajstić information content (AvgIpc) is 3.06. The number of carbonyl (C=O) groups is 3. The molecule has 6 nitrogen and oxygen atoms in total. The van der Waals surface area contributed by atoms with Gasteiger partial charge in [-0.3, -0.25) is 4.79 Å². The first-order valence-corrected chi connectivity index (χ1v) is 12.0. The monoisotopic (exact) mass is 488 g/mol. The van der Waals surface area contributed by atoms with Gasteiger partial charge in [0.15, 0.2) is 0 Å². The number of alkyl halides is 1. The lowest BCUT2D eigenvalue weighted by Gasteiger charge is -2.52. The Balaban J connectivity index is 1.96. The van der Waals surface area contributed by atoms with Crippen LogP contribution in [0.5, 0.6) is 0 Å². The maximum absolute atomic E-state index is 13.2. The summed E-state index contributed by atoms with van der Waals surface area (Å²) in [5.41, 5.74) is 1.78. The number of aromatic nitrogens is 1. The van der Waals surface area contributed by atoms with E-state index in [1.165, 1.54) is 0 Å². The minimum Gasteiger partial charge on any atom is -0.443 e. The van der Waals surface area contributed by atoms with Crippen LogP contribution in [0.15, 0.2) is 24.3 Å². The lowest BCUT2D eigenvalue weighted by molar-refractivity contribution is -0.139. The average molecular weight is 489 g/mol. The van der Waals surface area contributed by atoms with Crippen molar-refractivity contribution in [2.75, 3.05) is 11.9 Å². The van der Waals surface area contributed by atoms with Crippen molar-refractivity contribution in [1.82, 2.24) is 9.47 Å². The van der Waals surface area contributed by atoms with Gasteiger partial charge in [-0.1, -0.05) is 34.1 Å². The summed E-state index contributed by atoms with van der Waals surface area (Å²) < 4.78 is 7.43. The second-order valence-corrected chi connectivity index (χ2v) is 10.2. The first-order chi connectivity index (χ1) is 14.7. The fourth-order valence-corrected chi connectivity index (χ4v) is 5.82. The normalized spacial score (nSPS) is 23.2. The molecule has 1 saturated heterocycles. The molecule has 1 aliphatic carbocycles. The molecule has 166 valence electrons. The Hall–Kier alpha value is -2.15. The van der Waals surface area contributed by atoms with Crippen molar-refractivity contribution in [1.29, 1.82) is 0 Å². The van der Waals surface area contributed by atoms with Gasteiger partial charge >= 0.3 is 6.09 Å². The van der Waals surface area contributed by atoms with Crippen molar-refractivity contribution in [3.63, 3.8) is 0 Å². The SMILES string of the molecule is CC(C)(C)OC(=O)n1c2c(c3ccccc31)[C@H]1N(C(=O)CBr)CCC[C@]1(CC=O)CC2. The van der Waals surface area contributed by atoms with Crippen LogP contribution in [0.25, 0.3) is 10.9 Å². The Labute approximate surface area is 191 Å². The van der Waals surface area contributed by atoms with Gasteiger partial charge < -0.3 is 14.4 Å². The van der Waals surface area contributed by atoms with E-state index in [4.69, 9.17) is 4.74 Å². The van der Waals surface area contributed by atoms with E-state index in [1.807, 2.05) is 49.9 Å². The van der Waals surface area contributed by atoms with Crippen LogP contribution in [0.2, 0.25) is 0 Å². The number of hydrogen-bond donors (Lipinski definition) is 0. The maximum Gasteiger partial charge on any atom is 0.419 e. The van der Waals surface area contributed by atoms with Gasteiger partial charge in [0.2, 0.25) is 5.91 Å². The van der Waals surface area contributed by atoms with Crippen LogP contribution in [-0.2, 0) is 20.7 Å². The smallest absolute Gasteiger partial charge is 0.419 e. The Morgan fingerprint density at radius 2 is 2.00 bits per heavy atom. The molecule has 4 rings (SSSR count). The number of carbonyl (C=O) groups excluding carboxylic acids is 3. The Morgan fingerprint density at radius 3 is 2.68 bits per heavy atom. The van der Waals surface area contributed by atoms with E-state index < -0.39 is 11.7 Å². The molecule has 1 amide bonds. The number of hydrogen-bond acceptors (Lipinski definition) is 4. The van der Waals surface area contributed by atoms with Crippen molar-refractivity contribution < 1.29 is 19.1 Å². The van der Waals surface area contributed by atoms with Crippen molar-refractivity contribution in [3.05, 3.63) is 35.5 Å². The first-order valence-electron chi connectivity index (χ1n) is 10.9. The standard InChI is InChI=1S/C24H29BrN2O4/c1-23(2,3)31-22(30)27-17-8-5-4-7-16(17)20-18(27)9-11-24(12-14-28)10-6-13-26(21(20)24)19(29)15-25/h4-5,7-8,14,21H,6,9-13,15H2,1-3H3/t21-,24-/m1/s1. The Kier molecular flexibility index (Phi) is 5.75. The molecule has 7 heteroatoms. The van der Waals surface area contributed by atoms with Crippen LogP contribution < -0.4 is 0 Å². The second kappa shape index (κ2) is 8.08. The molecular weight excluding hydrogens is 460 g/mol. The fourth-order valence-electron chi connectivity index (χ4n) is 5.50. The summed E-state index contributed by atoms with van der Waals surface area (Å²) in [6.45, 7) is 6.22. The summed E-state index contributed by atoms with van der Waals surface area (Å²) in [4.78, 5) is 39.8. The zero-order valence-corrected chi connectivity index (χ0v) is 19.9. The summed E-state index contributed by atoms with van der Waals surface area (Å²) in [6, 6.07) is 7.58. The third-order valence-electron chi connectivity index (χ3n) is 6.62. The number of halogens is 1. The lowest BCUT2D eigenvalue weighted by atomic mass is 9.62. The number of amides is 1. The molecule has 0 saturated carbocycles. The quantitative estimate of drug-likeness (QED) is 0.449. The number of benzene rings is 1. The Bertz CT molecular complexity index is 1040. The highest BCUT2D eigenvalue weighted by atomic mass is 79.9. The topological polar surface area (TPSA) is 68.6 Å². The van der Waals surface area contributed by atoms with Gasteiger partial charge in [-0.2, -0.15) is 0 Å². The van der Waals surface area contributed by atoms with Gasteiger partial charge in [0, 0.05) is 35.0 Å². The van der Waals surface area contributed by atoms with Gasteiger partial charge in [0.05, 0.1) is 16.9 Å². The number of likely N-dealkylation sites (tertiary alicyclic amines) is 1. The molecule has 1 aromatic carbocycles. The van der Waals surface area contributed by atoms with Crippen LogP contribution in [0.1, 0.15) is 63.8 Å². The van der Waals surface area contributed by atoms with Crippen molar-refractivity contribution >= 4 is 45.1 Å². The predicted molar refractivity (Wildman–Crippen MR) is 122 cm³/mol. The molecule has 1 aliphatic heterocycles. The van der Waals surface area contributed by atoms with Gasteiger partial charge in [0.1, 0.15) is 11.9 Å². The van der Waals surface area contributed by atoms with E-state index in [0.717, 1.165) is 47.7 Å². The largest absolute Gasteiger partial charge is 0.443 e. The highest BCUT2D eigenvalue weighted by Gasteiger charge is 2.51. The second-order valence-electron chi connectivity index (χ2n) is 9.65. The van der Waals surface area contributed by atoms with Crippen molar-refractivity contribution in [2.24, 2.45) is 5.41 Å². The van der Waals surface area contributed by atoms with Crippen molar-refractivity contribution in [3.8, 4) is 0 Å². The molecule has 0 unspecified atom stereocenters. The highest BCUT2D eigenvalue weighted by molar-refractivity contribution is 9.09. The minimum absolute atomic E-state index is 0.0157. The molecule has 1 aromatic heterocycles. The molecule has 2 heterocycles. The van der Waals surface area contributed by atoms with E-state index in [2.05, 4.69) is 15.9 Å². The number of rotatable bonds is 3. The predicted octanol–water partition coefficient (Wildman–Crippen LogP) is 5.00. The number of ether oxygens (including phenoxy) is 1. The Morgan fingerprint density at radius 1 is 1.26 bits per heavy atom. The third kappa shape index (κ3) is 3.71. The van der Waals surface area contributed by atoms with E-state index in [9.17, 15) is 14.4 Å². The summed E-state index contributed by atoms with van der Waals surface area (Å²) in [5.74, 6) is 0.0157. The molecule has 2 aliphatic rings. The van der Waals surface area contributed by atoms with E-state index in [1.54, 1.807) is 4.57 Å². The third-order valence-corrected chi connectivity index (χ3v) is 7.09. The zero-order valence-electron chi connectivity index (χ0n) is 18.3. The van der Waals surface area contributed by atoms with Crippen LogP contribution in [0, 0.1) is 5.41 Å². The summed E-state index contributed by atoms with van der Waals surface area (Å²) in [5, 5.41) is 1.19. The number of piperidine rings is 1. The van der Waals surface area contributed by atoms with Gasteiger partial charge in [0.25, 0.3) is 0 Å². The molecule has 2 aromatic rings. The zero-order chi connectivity index (χ0) is 22.4. The molecule has 0 radical (unpaired) electrons. The number of nitrogens with zero attached hydrogens (tertiary/aromatic N) is 2. The van der Waals surface area contributed by atoms with Crippen LogP contribution >= 0.6 is 15.9 Å². The van der Waals surface area contributed by atoms with E-state index in [0.29, 0.717) is 19.4 Å². The summed E-state index contributed by atoms with van der Waals surface area (Å²) in [7, 11) is 0. The minimum atomic E-state index is -0.617. The van der Waals surface area contributed by atoms with Crippen LogP contribution in [0.4, 0.5) is 4.79 Å². The van der Waals surface area contributed by atoms with Gasteiger partial charge in [-0.05, 0) is 52.5 Å². The summed E-state index contributed by atoms with van der Waals surface area (Å²) >= 11 is 3.33. The fraction of sp³-hybridized carbons (Fsp3) is 0.542. The number of para-hydroxylation sites is 1. The van der Waals surface area contributed by atoms with Crippen molar-refractivity contribution in [2.45, 2.75) is 64.5 Å². The number of aldehydes is 1. The van der Waals surface area contributed by atoms with Gasteiger partial charge in [-0.25, -0.2) is 9.36 Å². The maximum atomic E-state index is 13.2. The molecule has 0 N–H and O–H groups in total. The van der Waals surface area contributed by atoms with E-state index in [-0.39, 0.29) is 22.7 Å². The number of fused-ring (bicyclic) bond motifs is 5. The first kappa shape index (κ1) is 22.1. The molecule has 1 fully saturated rings. The van der Waals surface area contributed by atoms with Crippen LogP contribution in [-0.4, -0.2) is 45.2 Å². The van der Waals surface area contributed by atoms with Gasteiger partial charge in [-0.15, -0.1) is 0 Å². The van der Waals surface area contributed by atoms with E-state index >= 15 is 0 Å². The molecule has 31 heavy (non-hydrogen) atoms. The highest BCUT2D eigenvalue weighted by Crippen LogP contribution is 2.56. The summed E-state index contributed by atoms with van der Waals surface area (Å²) in [6.07, 6.45) is 4.21.